The largest absolute Gasteiger partial charge is 0.392 e. The van der Waals surface area contributed by atoms with Gasteiger partial charge in [-0.3, -0.25) is 9.69 Å². The van der Waals surface area contributed by atoms with Crippen LogP contribution in [-0.4, -0.2) is 65.7 Å². The van der Waals surface area contributed by atoms with Gasteiger partial charge in [0, 0.05) is 45.2 Å². The van der Waals surface area contributed by atoms with Crippen LogP contribution in [0.5, 0.6) is 0 Å². The summed E-state index contributed by atoms with van der Waals surface area (Å²) in [5.74, 6) is 0.155. The van der Waals surface area contributed by atoms with Crippen molar-refractivity contribution in [3.05, 3.63) is 0 Å². The lowest BCUT2D eigenvalue weighted by Crippen LogP contribution is -2.56. The molecule has 2 atom stereocenters. The second-order valence-corrected chi connectivity index (χ2v) is 4.78. The highest BCUT2D eigenvalue weighted by Gasteiger charge is 2.28. The number of carbonyl (C=O) groups excluding carboxylic acids is 1. The van der Waals surface area contributed by atoms with Crippen molar-refractivity contribution in [2.24, 2.45) is 5.73 Å². The van der Waals surface area contributed by atoms with Gasteiger partial charge in [-0.15, -0.1) is 24.8 Å². The Bertz CT molecular complexity index is 255. The first kappa shape index (κ1) is 21.2. The lowest BCUT2D eigenvalue weighted by molar-refractivity contribution is -0.134. The molecule has 7 heteroatoms. The molecule has 0 bridgehead atoms. The van der Waals surface area contributed by atoms with E-state index in [2.05, 4.69) is 11.8 Å². The lowest BCUT2D eigenvalue weighted by Gasteiger charge is -2.41. The van der Waals surface area contributed by atoms with E-state index in [-0.39, 0.29) is 36.8 Å². The Morgan fingerprint density at radius 1 is 1.42 bits per heavy atom. The average molecular weight is 316 g/mol. The smallest absolute Gasteiger partial charge is 0.223 e. The minimum Gasteiger partial charge on any atom is -0.392 e. The molecule has 2 unspecified atom stereocenters. The number of aliphatic hydroxyl groups excluding tert-OH is 1. The molecule has 19 heavy (non-hydrogen) atoms. The van der Waals surface area contributed by atoms with E-state index in [0.29, 0.717) is 25.6 Å². The predicted octanol–water partition coefficient (Wildman–Crippen LogP) is 0.482. The zero-order chi connectivity index (χ0) is 12.8. The highest BCUT2D eigenvalue weighted by Crippen LogP contribution is 2.14. The summed E-state index contributed by atoms with van der Waals surface area (Å²) < 4.78 is 0. The summed E-state index contributed by atoms with van der Waals surface area (Å²) in [6, 6.07) is 0.361. The van der Waals surface area contributed by atoms with E-state index in [1.165, 1.54) is 0 Å². The number of nitrogens with two attached hydrogens (primary N) is 1. The Labute approximate surface area is 128 Å². The molecule has 0 aromatic rings. The topological polar surface area (TPSA) is 69.8 Å². The minimum atomic E-state index is -0.310. The van der Waals surface area contributed by atoms with Crippen molar-refractivity contribution in [1.82, 2.24) is 9.80 Å². The molecular formula is C12H27Cl2N3O2. The van der Waals surface area contributed by atoms with Crippen molar-refractivity contribution < 1.29 is 9.90 Å². The van der Waals surface area contributed by atoms with E-state index < -0.39 is 0 Å². The van der Waals surface area contributed by atoms with E-state index in [1.807, 2.05) is 4.90 Å². The molecule has 116 valence electrons. The second-order valence-electron chi connectivity index (χ2n) is 4.78. The number of β-amino-alcohol motifs (C(OH)–C–C–N with tert-alkyl or cyclic N) is 1. The van der Waals surface area contributed by atoms with Gasteiger partial charge in [-0.25, -0.2) is 0 Å². The van der Waals surface area contributed by atoms with Crippen molar-refractivity contribution in [2.45, 2.75) is 38.8 Å². The van der Waals surface area contributed by atoms with Gasteiger partial charge in [-0.2, -0.15) is 0 Å². The monoisotopic (exact) mass is 315 g/mol. The van der Waals surface area contributed by atoms with Crippen LogP contribution in [0.3, 0.4) is 0 Å². The average Bonchev–Trinajstić information content (AvgIpc) is 2.29. The quantitative estimate of drug-likeness (QED) is 0.774. The van der Waals surface area contributed by atoms with Gasteiger partial charge in [0.05, 0.1) is 6.10 Å². The van der Waals surface area contributed by atoms with Crippen LogP contribution in [-0.2, 0) is 4.79 Å². The number of amides is 1. The predicted molar refractivity (Wildman–Crippen MR) is 82.1 cm³/mol. The molecule has 0 aromatic heterocycles. The fourth-order valence-corrected chi connectivity index (χ4v) is 2.37. The third-order valence-electron chi connectivity index (χ3n) is 3.29. The van der Waals surface area contributed by atoms with Gasteiger partial charge in [-0.1, -0.05) is 6.92 Å². The fourth-order valence-electron chi connectivity index (χ4n) is 2.37. The zero-order valence-corrected chi connectivity index (χ0v) is 13.4. The summed E-state index contributed by atoms with van der Waals surface area (Å²) in [5, 5.41) is 9.44. The number of nitrogens with zero attached hydrogens (tertiary/aromatic N) is 2. The van der Waals surface area contributed by atoms with E-state index in [1.54, 1.807) is 6.92 Å². The maximum atomic E-state index is 11.8. The Morgan fingerprint density at radius 2 is 2.05 bits per heavy atom. The molecule has 1 fully saturated rings. The van der Waals surface area contributed by atoms with Gasteiger partial charge >= 0.3 is 0 Å². The number of aliphatic hydroxyl groups is 1. The van der Waals surface area contributed by atoms with Crippen molar-refractivity contribution in [1.29, 1.82) is 0 Å². The summed E-state index contributed by atoms with van der Waals surface area (Å²) >= 11 is 0. The van der Waals surface area contributed by atoms with Crippen LogP contribution in [0.15, 0.2) is 0 Å². The molecule has 1 amide bonds. The highest BCUT2D eigenvalue weighted by atomic mass is 35.5. The molecule has 1 saturated heterocycles. The van der Waals surface area contributed by atoms with Gasteiger partial charge < -0.3 is 15.7 Å². The number of piperazine rings is 1. The van der Waals surface area contributed by atoms with Crippen LogP contribution >= 0.6 is 24.8 Å². The molecule has 1 aliphatic heterocycles. The van der Waals surface area contributed by atoms with Crippen molar-refractivity contribution in [3.8, 4) is 0 Å². The third kappa shape index (κ3) is 6.77. The molecule has 0 aliphatic carbocycles. The van der Waals surface area contributed by atoms with Gasteiger partial charge in [0.25, 0.3) is 0 Å². The molecule has 0 saturated carbocycles. The first-order chi connectivity index (χ1) is 8.08. The van der Waals surface area contributed by atoms with E-state index in [4.69, 9.17) is 5.73 Å². The Hall–Kier alpha value is -0.0700. The maximum absolute atomic E-state index is 11.8. The second kappa shape index (κ2) is 10.7. The molecule has 1 heterocycles. The van der Waals surface area contributed by atoms with Crippen LogP contribution in [0.1, 0.15) is 26.7 Å². The number of hydrogen-bond acceptors (Lipinski definition) is 4. The fraction of sp³-hybridized carbons (Fsp3) is 0.917. The number of hydrogen-bond donors (Lipinski definition) is 2. The van der Waals surface area contributed by atoms with Crippen LogP contribution in [0.2, 0.25) is 0 Å². The summed E-state index contributed by atoms with van der Waals surface area (Å²) in [7, 11) is 0. The van der Waals surface area contributed by atoms with E-state index >= 15 is 0 Å². The number of carbonyl (C=O) groups is 1. The van der Waals surface area contributed by atoms with Crippen LogP contribution in [0, 0.1) is 0 Å². The standard InChI is InChI=1S/C12H25N3O2.2ClH/c1-3-11-9-15(12(17)4-5-13)7-6-14(11)8-10(2)16;;/h10-11,16H,3-9,13H2,1-2H3;2*1H. The molecule has 3 N–H and O–H groups in total. The van der Waals surface area contributed by atoms with Crippen LogP contribution in [0.25, 0.3) is 0 Å². The molecule has 1 rings (SSSR count). The first-order valence-electron chi connectivity index (χ1n) is 6.48. The molecule has 0 aromatic carbocycles. The third-order valence-corrected chi connectivity index (χ3v) is 3.29. The Balaban J connectivity index is 0. The number of rotatable bonds is 5. The minimum absolute atomic E-state index is 0. The summed E-state index contributed by atoms with van der Waals surface area (Å²) in [5.41, 5.74) is 5.41. The van der Waals surface area contributed by atoms with Crippen LogP contribution in [0.4, 0.5) is 0 Å². The Kier molecular flexibility index (Phi) is 11.9. The Morgan fingerprint density at radius 3 is 2.53 bits per heavy atom. The van der Waals surface area contributed by atoms with Gasteiger partial charge in [0.15, 0.2) is 0 Å². The van der Waals surface area contributed by atoms with Crippen molar-refractivity contribution >= 4 is 30.7 Å². The highest BCUT2D eigenvalue weighted by molar-refractivity contribution is 5.85. The van der Waals surface area contributed by atoms with Crippen molar-refractivity contribution in [2.75, 3.05) is 32.7 Å². The SMILES string of the molecule is CCC1CN(C(=O)CCN)CCN1CC(C)O.Cl.Cl. The summed E-state index contributed by atoms with van der Waals surface area (Å²) in [6.45, 7) is 7.40. The normalized spacial score (nSPS) is 21.3. The molecule has 0 radical (unpaired) electrons. The molecular weight excluding hydrogens is 289 g/mol. The van der Waals surface area contributed by atoms with Crippen LogP contribution < -0.4 is 5.73 Å². The maximum Gasteiger partial charge on any atom is 0.223 e. The van der Waals surface area contributed by atoms with Gasteiger partial charge in [-0.05, 0) is 13.3 Å². The van der Waals surface area contributed by atoms with Crippen molar-refractivity contribution in [3.63, 3.8) is 0 Å². The first-order valence-corrected chi connectivity index (χ1v) is 6.48. The van der Waals surface area contributed by atoms with E-state index in [9.17, 15) is 9.90 Å². The van der Waals surface area contributed by atoms with Gasteiger partial charge in [0.2, 0.25) is 5.91 Å². The van der Waals surface area contributed by atoms with Gasteiger partial charge in [0.1, 0.15) is 0 Å². The molecule has 0 spiro atoms. The zero-order valence-electron chi connectivity index (χ0n) is 11.7. The lowest BCUT2D eigenvalue weighted by atomic mass is 10.1. The molecule has 1 aliphatic rings. The van der Waals surface area contributed by atoms with E-state index in [0.717, 1.165) is 26.1 Å². The summed E-state index contributed by atoms with van der Waals surface area (Å²) in [4.78, 5) is 15.9. The summed E-state index contributed by atoms with van der Waals surface area (Å²) in [6.07, 6.45) is 1.13. The molecule has 5 nitrogen and oxygen atoms in total. The number of halogens is 2.